The molecule has 0 bridgehead atoms. The van der Waals surface area contributed by atoms with Gasteiger partial charge in [0.05, 0.1) is 30.2 Å². The van der Waals surface area contributed by atoms with E-state index in [1.165, 1.54) is 0 Å². The van der Waals surface area contributed by atoms with Crippen molar-refractivity contribution in [2.45, 2.75) is 37.9 Å². The molecule has 0 aliphatic carbocycles. The zero-order valence-electron chi connectivity index (χ0n) is 19.0. The van der Waals surface area contributed by atoms with Gasteiger partial charge < -0.3 is 20.2 Å². The number of benzene rings is 2. The van der Waals surface area contributed by atoms with Gasteiger partial charge in [0.25, 0.3) is 0 Å². The Kier molecular flexibility index (Phi) is 6.66. The zero-order chi connectivity index (χ0) is 23.8. The van der Waals surface area contributed by atoms with E-state index in [-0.39, 0.29) is 30.6 Å². The summed E-state index contributed by atoms with van der Waals surface area (Å²) in [5.41, 5.74) is 3.61. The molecule has 1 amide bonds. The van der Waals surface area contributed by atoms with Crippen molar-refractivity contribution in [3.63, 3.8) is 0 Å². The highest BCUT2D eigenvalue weighted by atomic mass is 35.5. The number of piperazine rings is 1. The molecule has 5 rings (SSSR count). The molecule has 2 saturated heterocycles. The van der Waals surface area contributed by atoms with Crippen molar-refractivity contribution >= 4 is 45.8 Å². The fourth-order valence-electron chi connectivity index (χ4n) is 5.01. The molecule has 0 spiro atoms. The average Bonchev–Trinajstić information content (AvgIpc) is 3.53. The number of carbonyl (C=O) groups excluding carboxylic acids is 1. The standard InChI is InChI=1S/C24H28Cl2N6O2/c1-15(19-6-4-16(25)11-20(19)26)32-23-12-17(5-7-21(23)28-29-32)30-9-10-31(18(13-30)14-33)24(34)22-3-2-8-27-22/h4-7,11-12,15,18,22,27,33H,2-3,8-10,13-14H2,1H3/t15-,18?,22?/m1/s1. The van der Waals surface area contributed by atoms with Crippen molar-refractivity contribution < 1.29 is 9.90 Å². The second-order valence-corrected chi connectivity index (χ2v) is 9.86. The summed E-state index contributed by atoms with van der Waals surface area (Å²) in [4.78, 5) is 17.0. The van der Waals surface area contributed by atoms with Crippen LogP contribution in [0.5, 0.6) is 0 Å². The predicted octanol–water partition coefficient (Wildman–Crippen LogP) is 3.11. The lowest BCUT2D eigenvalue weighted by atomic mass is 10.1. The largest absolute Gasteiger partial charge is 0.394 e. The van der Waals surface area contributed by atoms with Crippen LogP contribution in [-0.2, 0) is 4.79 Å². The van der Waals surface area contributed by atoms with Crippen molar-refractivity contribution in [2.75, 3.05) is 37.7 Å². The lowest BCUT2D eigenvalue weighted by molar-refractivity contribution is -0.136. The lowest BCUT2D eigenvalue weighted by Gasteiger charge is -2.42. The van der Waals surface area contributed by atoms with Crippen LogP contribution >= 0.6 is 23.2 Å². The molecule has 34 heavy (non-hydrogen) atoms. The average molecular weight is 503 g/mol. The van der Waals surface area contributed by atoms with E-state index >= 15 is 0 Å². The third kappa shape index (κ3) is 4.35. The highest BCUT2D eigenvalue weighted by molar-refractivity contribution is 6.35. The van der Waals surface area contributed by atoms with Gasteiger partial charge in [-0.1, -0.05) is 34.5 Å². The first-order valence-corrected chi connectivity index (χ1v) is 12.4. The summed E-state index contributed by atoms with van der Waals surface area (Å²) in [7, 11) is 0. The van der Waals surface area contributed by atoms with E-state index < -0.39 is 0 Å². The van der Waals surface area contributed by atoms with E-state index in [9.17, 15) is 9.90 Å². The van der Waals surface area contributed by atoms with Crippen LogP contribution in [0.3, 0.4) is 0 Å². The van der Waals surface area contributed by atoms with E-state index in [4.69, 9.17) is 23.2 Å². The number of aliphatic hydroxyl groups excluding tert-OH is 1. The van der Waals surface area contributed by atoms with Crippen molar-refractivity contribution in [1.29, 1.82) is 0 Å². The van der Waals surface area contributed by atoms with Crippen LogP contribution < -0.4 is 10.2 Å². The molecule has 2 aromatic carbocycles. The van der Waals surface area contributed by atoms with Crippen LogP contribution in [0, 0.1) is 0 Å². The molecule has 180 valence electrons. The first-order chi connectivity index (χ1) is 16.5. The molecule has 0 radical (unpaired) electrons. The minimum Gasteiger partial charge on any atom is -0.394 e. The highest BCUT2D eigenvalue weighted by Crippen LogP contribution is 2.31. The van der Waals surface area contributed by atoms with Crippen LogP contribution in [0.4, 0.5) is 5.69 Å². The van der Waals surface area contributed by atoms with Gasteiger partial charge in [0, 0.05) is 35.4 Å². The minimum absolute atomic E-state index is 0.0667. The number of halogens is 2. The number of rotatable bonds is 5. The zero-order valence-corrected chi connectivity index (χ0v) is 20.5. The van der Waals surface area contributed by atoms with Crippen molar-refractivity contribution in [3.8, 4) is 0 Å². The molecular formula is C24H28Cl2N6O2. The van der Waals surface area contributed by atoms with Crippen LogP contribution in [-0.4, -0.2) is 75.8 Å². The van der Waals surface area contributed by atoms with Crippen molar-refractivity contribution in [1.82, 2.24) is 25.2 Å². The Bertz CT molecular complexity index is 1200. The molecule has 2 N–H and O–H groups in total. The Morgan fingerprint density at radius 1 is 1.24 bits per heavy atom. The number of hydrogen-bond acceptors (Lipinski definition) is 6. The molecule has 10 heteroatoms. The number of aliphatic hydroxyl groups is 1. The van der Waals surface area contributed by atoms with Gasteiger partial charge in [-0.3, -0.25) is 4.79 Å². The van der Waals surface area contributed by atoms with Gasteiger partial charge >= 0.3 is 0 Å². The Morgan fingerprint density at radius 3 is 2.82 bits per heavy atom. The summed E-state index contributed by atoms with van der Waals surface area (Å²) in [6.07, 6.45) is 1.88. The van der Waals surface area contributed by atoms with Crippen LogP contribution in [0.15, 0.2) is 36.4 Å². The first-order valence-electron chi connectivity index (χ1n) is 11.7. The molecule has 2 fully saturated rings. The van der Waals surface area contributed by atoms with Gasteiger partial charge in [-0.2, -0.15) is 0 Å². The molecule has 2 aliphatic rings. The minimum atomic E-state index is -0.241. The van der Waals surface area contributed by atoms with Crippen molar-refractivity contribution in [2.24, 2.45) is 0 Å². The summed E-state index contributed by atoms with van der Waals surface area (Å²) >= 11 is 12.5. The van der Waals surface area contributed by atoms with Gasteiger partial charge in [0.15, 0.2) is 0 Å². The number of carbonyl (C=O) groups is 1. The maximum Gasteiger partial charge on any atom is 0.240 e. The lowest BCUT2D eigenvalue weighted by Crippen LogP contribution is -2.59. The van der Waals surface area contributed by atoms with Gasteiger partial charge in [0.2, 0.25) is 5.91 Å². The number of amides is 1. The molecular weight excluding hydrogens is 475 g/mol. The van der Waals surface area contributed by atoms with E-state index in [1.54, 1.807) is 6.07 Å². The smallest absolute Gasteiger partial charge is 0.240 e. The number of nitrogens with one attached hydrogen (secondary N) is 1. The summed E-state index contributed by atoms with van der Waals surface area (Å²) < 4.78 is 1.86. The molecule has 0 saturated carbocycles. The topological polar surface area (TPSA) is 86.5 Å². The van der Waals surface area contributed by atoms with Gasteiger partial charge in [-0.25, -0.2) is 4.68 Å². The Morgan fingerprint density at radius 2 is 2.09 bits per heavy atom. The number of anilines is 1. The third-order valence-electron chi connectivity index (χ3n) is 6.93. The van der Waals surface area contributed by atoms with Crippen LogP contribution in [0.25, 0.3) is 11.0 Å². The third-order valence-corrected chi connectivity index (χ3v) is 7.50. The number of nitrogens with zero attached hydrogens (tertiary/aromatic N) is 5. The number of hydrogen-bond donors (Lipinski definition) is 2. The summed E-state index contributed by atoms with van der Waals surface area (Å²) in [6, 6.07) is 11.0. The quantitative estimate of drug-likeness (QED) is 0.557. The van der Waals surface area contributed by atoms with E-state index in [0.717, 1.165) is 41.7 Å². The fourth-order valence-corrected chi connectivity index (χ4v) is 5.58. The molecule has 2 aliphatic heterocycles. The Balaban J connectivity index is 1.39. The second kappa shape index (κ2) is 9.70. The fraction of sp³-hybridized carbons (Fsp3) is 0.458. The van der Waals surface area contributed by atoms with E-state index in [2.05, 4.69) is 26.6 Å². The predicted molar refractivity (Wildman–Crippen MR) is 134 cm³/mol. The van der Waals surface area contributed by atoms with Crippen LogP contribution in [0.1, 0.15) is 31.4 Å². The number of aromatic nitrogens is 3. The number of fused-ring (bicyclic) bond motifs is 1. The molecule has 2 unspecified atom stereocenters. The van der Waals surface area contributed by atoms with Gasteiger partial charge in [0.1, 0.15) is 5.52 Å². The van der Waals surface area contributed by atoms with Crippen LogP contribution in [0.2, 0.25) is 10.0 Å². The van der Waals surface area contributed by atoms with Crippen molar-refractivity contribution in [3.05, 3.63) is 52.0 Å². The molecule has 1 aromatic heterocycles. The molecule has 3 heterocycles. The SMILES string of the molecule is C[C@H](c1ccc(Cl)cc1Cl)n1nnc2ccc(N3CCN(C(=O)C4CCCN4)C(CO)C3)cc21. The maximum absolute atomic E-state index is 13.0. The molecule has 8 nitrogen and oxygen atoms in total. The second-order valence-electron chi connectivity index (χ2n) is 9.01. The first kappa shape index (κ1) is 23.4. The normalized spacial score (nSPS) is 21.9. The molecule has 3 aromatic rings. The monoisotopic (exact) mass is 502 g/mol. The highest BCUT2D eigenvalue weighted by Gasteiger charge is 2.35. The van der Waals surface area contributed by atoms with Gasteiger partial charge in [-0.05, 0) is 62.2 Å². The summed E-state index contributed by atoms with van der Waals surface area (Å²) in [5, 5.41) is 23.2. The van der Waals surface area contributed by atoms with E-state index in [0.29, 0.717) is 29.7 Å². The maximum atomic E-state index is 13.0. The Hall–Kier alpha value is -2.39. The summed E-state index contributed by atoms with van der Waals surface area (Å²) in [6.45, 7) is 4.68. The summed E-state index contributed by atoms with van der Waals surface area (Å²) in [5.74, 6) is 0.0996. The molecule has 3 atom stereocenters. The Labute approximate surface area is 208 Å². The van der Waals surface area contributed by atoms with E-state index in [1.807, 2.05) is 40.8 Å². The van der Waals surface area contributed by atoms with Gasteiger partial charge in [-0.15, -0.1) is 5.10 Å².